The van der Waals surface area contributed by atoms with Gasteiger partial charge in [0.15, 0.2) is 6.10 Å². The zero-order chi connectivity index (χ0) is 38.6. The maximum Gasteiger partial charge on any atom is 0.306 e. The van der Waals surface area contributed by atoms with E-state index in [0.29, 0.717) is 23.9 Å². The molecule has 0 amide bonds. The van der Waals surface area contributed by atoms with Crippen LogP contribution in [0.5, 0.6) is 0 Å². The van der Waals surface area contributed by atoms with Gasteiger partial charge >= 0.3 is 11.9 Å². The molecule has 13 nitrogen and oxygen atoms in total. The normalized spacial score (nSPS) is 14.1. The average Bonchev–Trinajstić information content (AvgIpc) is 3.82. The van der Waals surface area contributed by atoms with Crippen LogP contribution in [0, 0.1) is 0 Å². The number of imidazole rings is 2. The molecule has 14 heteroatoms. The van der Waals surface area contributed by atoms with Gasteiger partial charge in [-0.1, -0.05) is 89.9 Å². The van der Waals surface area contributed by atoms with Gasteiger partial charge in [-0.15, -0.1) is 0 Å². The molecule has 0 fully saturated rings. The Labute approximate surface area is 319 Å². The van der Waals surface area contributed by atoms with E-state index >= 15 is 0 Å². The van der Waals surface area contributed by atoms with Gasteiger partial charge in [-0.3, -0.25) is 14.2 Å². The average molecular weight is 768 g/mol. The molecule has 0 saturated carbocycles. The summed E-state index contributed by atoms with van der Waals surface area (Å²) in [5.74, 6) is -0.872. The first-order valence-corrected chi connectivity index (χ1v) is 21.6. The summed E-state index contributed by atoms with van der Waals surface area (Å²) in [5, 5.41) is 0. The number of hydrogen-bond donors (Lipinski definition) is 0. The van der Waals surface area contributed by atoms with Crippen LogP contribution < -0.4 is 4.89 Å². The van der Waals surface area contributed by atoms with E-state index in [1.165, 1.54) is 57.8 Å². The van der Waals surface area contributed by atoms with Crippen LogP contribution in [-0.4, -0.2) is 88.6 Å². The van der Waals surface area contributed by atoms with Crippen molar-refractivity contribution >= 4 is 19.8 Å². The molecule has 304 valence electrons. The second kappa shape index (κ2) is 27.9. The molecule has 0 radical (unpaired) electrons. The number of ether oxygens (including phenoxy) is 2. The Hall–Kier alpha value is -2.57. The Kier molecular flexibility index (Phi) is 24.5. The minimum atomic E-state index is -4.66. The van der Waals surface area contributed by atoms with Crippen LogP contribution in [0.25, 0.3) is 0 Å². The predicted molar refractivity (Wildman–Crippen MR) is 205 cm³/mol. The lowest BCUT2D eigenvalue weighted by Gasteiger charge is -2.29. The van der Waals surface area contributed by atoms with E-state index < -0.39 is 38.6 Å². The second-order valence-corrected chi connectivity index (χ2v) is 16.7. The van der Waals surface area contributed by atoms with Crippen LogP contribution in [-0.2, 0) is 45.8 Å². The highest BCUT2D eigenvalue weighted by Gasteiger charge is 2.27. The van der Waals surface area contributed by atoms with Crippen LogP contribution in [0.1, 0.15) is 135 Å². The molecule has 53 heavy (non-hydrogen) atoms. The number of rotatable bonds is 34. The third-order valence-corrected chi connectivity index (χ3v) is 10.2. The monoisotopic (exact) mass is 767 g/mol. The molecular weight excluding hydrogens is 697 g/mol. The topological polar surface area (TPSA) is 147 Å². The van der Waals surface area contributed by atoms with Gasteiger partial charge in [-0.2, -0.15) is 0 Å². The van der Waals surface area contributed by atoms with Crippen LogP contribution in [0.2, 0.25) is 0 Å². The molecule has 2 rings (SSSR count). The lowest BCUT2D eigenvalue weighted by atomic mass is 10.1. The first kappa shape index (κ1) is 46.6. The highest BCUT2D eigenvalue weighted by atomic mass is 31.2. The third kappa shape index (κ3) is 26.0. The summed E-state index contributed by atoms with van der Waals surface area (Å²) in [7, 11) is 1.11. The number of carbonyl (C=O) groups excluding carboxylic acids is 2. The van der Waals surface area contributed by atoms with Gasteiger partial charge in [0.1, 0.15) is 19.3 Å². The van der Waals surface area contributed by atoms with Gasteiger partial charge in [0.05, 0.1) is 40.4 Å². The number of aryl methyl sites for hydroxylation is 2. The quantitative estimate of drug-likeness (QED) is 0.0301. The predicted octanol–water partition coefficient (Wildman–Crippen LogP) is 7.63. The number of phosphoric acid groups is 1. The smallest absolute Gasteiger partial charge is 0.306 e. The first-order chi connectivity index (χ1) is 25.4. The lowest BCUT2D eigenvalue weighted by molar-refractivity contribution is -0.870. The first-order valence-electron chi connectivity index (χ1n) is 20.1. The van der Waals surface area contributed by atoms with Gasteiger partial charge in [0, 0.05) is 50.7 Å². The number of esters is 2. The summed E-state index contributed by atoms with van der Waals surface area (Å²) in [6, 6.07) is 0. The minimum Gasteiger partial charge on any atom is -0.756 e. The summed E-state index contributed by atoms with van der Waals surface area (Å²) in [5.41, 5.74) is 0. The zero-order valence-corrected chi connectivity index (χ0v) is 34.1. The number of hydrogen-bond acceptors (Lipinski definition) is 10. The number of nitrogens with zero attached hydrogens (tertiary/aromatic N) is 5. The van der Waals surface area contributed by atoms with E-state index in [1.54, 1.807) is 6.92 Å². The Morgan fingerprint density at radius 3 is 1.49 bits per heavy atom. The number of carbonyl (C=O) groups is 2. The van der Waals surface area contributed by atoms with Gasteiger partial charge in [-0.25, -0.2) is 9.97 Å². The SMILES string of the molecule is CC(OC(=O)CCCCCCCCCCCn1ccnc1)C(COP(=O)([O-])OCC[N+](C)(C)C)OC(=O)CCCCCCCCCCCn1ccnc1. The summed E-state index contributed by atoms with van der Waals surface area (Å²) >= 11 is 0. The summed E-state index contributed by atoms with van der Waals surface area (Å²) in [4.78, 5) is 46.0. The van der Waals surface area contributed by atoms with Gasteiger partial charge in [0.2, 0.25) is 0 Å². The Bertz CT molecular complexity index is 1240. The van der Waals surface area contributed by atoms with Crippen molar-refractivity contribution in [3.8, 4) is 0 Å². The lowest BCUT2D eigenvalue weighted by Crippen LogP contribution is -2.38. The molecule has 2 aromatic heterocycles. The Morgan fingerprint density at radius 1 is 0.660 bits per heavy atom. The van der Waals surface area contributed by atoms with Crippen LogP contribution in [0.3, 0.4) is 0 Å². The van der Waals surface area contributed by atoms with Crippen molar-refractivity contribution in [1.29, 1.82) is 0 Å². The van der Waals surface area contributed by atoms with E-state index in [9.17, 15) is 19.0 Å². The van der Waals surface area contributed by atoms with E-state index in [0.717, 1.165) is 58.0 Å². The summed E-state index contributed by atoms with van der Waals surface area (Å²) in [6.07, 6.45) is 29.4. The standard InChI is InChI=1S/C39H70N5O8P/c1-36(51-38(45)23-19-15-11-7-5-9-13-17-21-27-42-29-25-40-34-42)37(33-50-53(47,48)49-32-31-44(2,3)4)52-39(46)24-20-16-12-8-6-10-14-18-22-28-43-30-26-41-35-43/h25-26,29-30,34-37H,5-24,27-28,31-33H2,1-4H3. The number of phosphoric ester groups is 1. The number of likely N-dealkylation sites (N-methyl/N-ethyl adjacent to an activating group) is 1. The molecule has 2 heterocycles. The van der Waals surface area contributed by atoms with Crippen molar-refractivity contribution in [3.63, 3.8) is 0 Å². The number of unbranched alkanes of at least 4 members (excludes halogenated alkanes) is 16. The molecule has 3 atom stereocenters. The number of quaternary nitrogens is 1. The maximum absolute atomic E-state index is 12.8. The summed E-state index contributed by atoms with van der Waals surface area (Å²) in [6.45, 7) is 3.56. The van der Waals surface area contributed by atoms with Crippen molar-refractivity contribution in [1.82, 2.24) is 19.1 Å². The van der Waals surface area contributed by atoms with Gasteiger partial charge in [-0.05, 0) is 32.6 Å². The molecule has 3 unspecified atom stereocenters. The van der Waals surface area contributed by atoms with Crippen LogP contribution >= 0.6 is 7.82 Å². The van der Waals surface area contributed by atoms with E-state index in [-0.39, 0.29) is 19.4 Å². The fourth-order valence-electron chi connectivity index (χ4n) is 5.90. The molecule has 0 saturated heterocycles. The molecule has 0 bridgehead atoms. The van der Waals surface area contributed by atoms with Crippen molar-refractivity contribution < 1.29 is 42.1 Å². The highest BCUT2D eigenvalue weighted by molar-refractivity contribution is 7.45. The van der Waals surface area contributed by atoms with Crippen LogP contribution in [0.4, 0.5) is 0 Å². The Balaban J connectivity index is 1.63. The van der Waals surface area contributed by atoms with E-state index in [1.807, 2.05) is 58.6 Å². The highest BCUT2D eigenvalue weighted by Crippen LogP contribution is 2.38. The van der Waals surface area contributed by atoms with E-state index in [4.69, 9.17) is 18.5 Å². The second-order valence-electron chi connectivity index (χ2n) is 15.3. The molecule has 0 aliphatic carbocycles. The fourth-order valence-corrected chi connectivity index (χ4v) is 6.61. The van der Waals surface area contributed by atoms with Gasteiger partial charge < -0.3 is 37.0 Å². The number of aromatic nitrogens is 4. The summed E-state index contributed by atoms with van der Waals surface area (Å²) < 4.78 is 38.6. The minimum absolute atomic E-state index is 0.0431. The molecule has 2 aromatic rings. The molecule has 0 aromatic carbocycles. The largest absolute Gasteiger partial charge is 0.756 e. The molecular formula is C39H70N5O8P. The van der Waals surface area contributed by atoms with E-state index in [2.05, 4.69) is 19.1 Å². The van der Waals surface area contributed by atoms with Crippen LogP contribution in [0.15, 0.2) is 37.4 Å². The third-order valence-electron chi connectivity index (χ3n) is 9.24. The zero-order valence-electron chi connectivity index (χ0n) is 33.2. The molecule has 0 aliphatic heterocycles. The van der Waals surface area contributed by atoms with Crippen molar-refractivity contribution in [2.75, 3.05) is 40.9 Å². The van der Waals surface area contributed by atoms with Gasteiger partial charge in [0.25, 0.3) is 7.82 Å². The fraction of sp³-hybridized carbons (Fsp3) is 0.795. The molecule has 0 spiro atoms. The molecule has 0 N–H and O–H groups in total. The van der Waals surface area contributed by atoms with Crippen molar-refractivity contribution in [2.24, 2.45) is 0 Å². The van der Waals surface area contributed by atoms with Crippen molar-refractivity contribution in [3.05, 3.63) is 37.4 Å². The molecule has 0 aliphatic rings. The van der Waals surface area contributed by atoms with Crippen molar-refractivity contribution in [2.45, 2.75) is 161 Å². The maximum atomic E-state index is 12.8. The Morgan fingerprint density at radius 2 is 1.08 bits per heavy atom.